The van der Waals surface area contributed by atoms with Gasteiger partial charge in [0.05, 0.1) is 18.2 Å². The van der Waals surface area contributed by atoms with Gasteiger partial charge in [-0.05, 0) is 47.4 Å². The quantitative estimate of drug-likeness (QED) is 0.400. The number of benzene rings is 1. The van der Waals surface area contributed by atoms with Gasteiger partial charge in [-0.2, -0.15) is 13.2 Å². The number of anilines is 1. The van der Waals surface area contributed by atoms with Crippen LogP contribution in [-0.4, -0.2) is 28.5 Å². The van der Waals surface area contributed by atoms with Gasteiger partial charge in [0.25, 0.3) is 5.91 Å². The Balaban J connectivity index is 1.89. The summed E-state index contributed by atoms with van der Waals surface area (Å²) in [6.07, 6.45) is -1.91. The Labute approximate surface area is 187 Å². The number of methoxy groups -OCH3 is 1. The number of aromatic nitrogens is 2. The van der Waals surface area contributed by atoms with Crippen LogP contribution in [0.4, 0.5) is 23.4 Å². The zero-order valence-electron chi connectivity index (χ0n) is 18.0. The fourth-order valence-corrected chi connectivity index (χ4v) is 3.14. The second kappa shape index (κ2) is 9.43. The number of carbonyl (C=O) groups is 2. The minimum atomic E-state index is -4.83. The Kier molecular flexibility index (Phi) is 6.85. The highest BCUT2D eigenvalue weighted by Gasteiger charge is 2.34. The third-order valence-electron chi connectivity index (χ3n) is 4.93. The summed E-state index contributed by atoms with van der Waals surface area (Å²) in [5.41, 5.74) is 0.0156. The lowest BCUT2D eigenvalue weighted by Gasteiger charge is -2.13. The molecule has 1 aromatic carbocycles. The molecule has 0 aliphatic rings. The number of hydrogen-bond acceptors (Lipinski definition) is 4. The molecule has 1 amide bonds. The molecule has 0 atom stereocenters. The van der Waals surface area contributed by atoms with Gasteiger partial charge in [0.1, 0.15) is 17.3 Å². The van der Waals surface area contributed by atoms with Gasteiger partial charge < -0.3 is 14.6 Å². The van der Waals surface area contributed by atoms with E-state index >= 15 is 0 Å². The SMILES string of the molecule is COC(=O)c1ccc(NC(=O)c2cc(C(C)C)cn2Cc2ccc(F)c(C(F)(F)F)c2)nc1. The Morgan fingerprint density at radius 2 is 1.88 bits per heavy atom. The monoisotopic (exact) mass is 463 g/mol. The number of esters is 1. The third kappa shape index (κ3) is 5.57. The summed E-state index contributed by atoms with van der Waals surface area (Å²) < 4.78 is 59.0. The van der Waals surface area contributed by atoms with Crippen LogP contribution < -0.4 is 5.32 Å². The highest BCUT2D eigenvalue weighted by atomic mass is 19.4. The van der Waals surface area contributed by atoms with E-state index in [4.69, 9.17) is 0 Å². The van der Waals surface area contributed by atoms with Gasteiger partial charge in [-0.25, -0.2) is 14.2 Å². The number of alkyl halides is 3. The molecule has 0 fully saturated rings. The molecule has 0 aliphatic heterocycles. The summed E-state index contributed by atoms with van der Waals surface area (Å²) in [7, 11) is 1.23. The predicted molar refractivity (Wildman–Crippen MR) is 113 cm³/mol. The Morgan fingerprint density at radius 1 is 1.15 bits per heavy atom. The van der Waals surface area contributed by atoms with E-state index < -0.39 is 29.4 Å². The average Bonchev–Trinajstić information content (AvgIpc) is 3.18. The molecule has 10 heteroatoms. The molecule has 1 N–H and O–H groups in total. The summed E-state index contributed by atoms with van der Waals surface area (Å²) >= 11 is 0. The van der Waals surface area contributed by atoms with Crippen molar-refractivity contribution >= 4 is 17.7 Å². The molecule has 3 aromatic rings. The molecule has 0 unspecified atom stereocenters. The van der Waals surface area contributed by atoms with Crippen molar-refractivity contribution in [3.8, 4) is 0 Å². The number of nitrogens with one attached hydrogen (secondary N) is 1. The first kappa shape index (κ1) is 24.0. The second-order valence-corrected chi connectivity index (χ2v) is 7.63. The van der Waals surface area contributed by atoms with Crippen molar-refractivity contribution in [1.82, 2.24) is 9.55 Å². The van der Waals surface area contributed by atoms with Gasteiger partial charge in [0.15, 0.2) is 0 Å². The molecule has 0 saturated heterocycles. The van der Waals surface area contributed by atoms with Crippen molar-refractivity contribution in [2.75, 3.05) is 12.4 Å². The highest BCUT2D eigenvalue weighted by Crippen LogP contribution is 2.32. The topological polar surface area (TPSA) is 73.2 Å². The number of amides is 1. The van der Waals surface area contributed by atoms with Gasteiger partial charge in [-0.15, -0.1) is 0 Å². The molecule has 0 aliphatic carbocycles. The summed E-state index contributed by atoms with van der Waals surface area (Å²) in [5.74, 6) is -2.25. The molecule has 0 bridgehead atoms. The van der Waals surface area contributed by atoms with Gasteiger partial charge in [-0.3, -0.25) is 4.79 Å². The Morgan fingerprint density at radius 3 is 2.45 bits per heavy atom. The van der Waals surface area contributed by atoms with E-state index in [0.29, 0.717) is 0 Å². The van der Waals surface area contributed by atoms with E-state index in [-0.39, 0.29) is 35.1 Å². The molecule has 2 heterocycles. The van der Waals surface area contributed by atoms with Crippen LogP contribution in [-0.2, 0) is 17.5 Å². The van der Waals surface area contributed by atoms with E-state index in [0.717, 1.165) is 17.7 Å². The van der Waals surface area contributed by atoms with Crippen LogP contribution in [0, 0.1) is 5.82 Å². The lowest BCUT2D eigenvalue weighted by atomic mass is 10.1. The first-order valence-electron chi connectivity index (χ1n) is 9.91. The maximum atomic E-state index is 13.6. The fraction of sp³-hybridized carbons (Fsp3) is 0.261. The number of ether oxygens (including phenoxy) is 1. The van der Waals surface area contributed by atoms with E-state index in [1.807, 2.05) is 13.8 Å². The summed E-state index contributed by atoms with van der Waals surface area (Å²) in [5, 5.41) is 2.60. The fourth-order valence-electron chi connectivity index (χ4n) is 3.14. The number of pyridine rings is 1. The summed E-state index contributed by atoms with van der Waals surface area (Å²) in [4.78, 5) is 28.4. The standard InChI is InChI=1S/C23H21F4N3O3/c1-13(2)16-9-19(21(31)29-20-7-5-15(10-28-20)22(32)33-3)30(12-16)11-14-4-6-18(24)17(8-14)23(25,26)27/h4-10,12-13H,11H2,1-3H3,(H,28,29,31). The number of nitrogens with zero attached hydrogens (tertiary/aromatic N) is 2. The van der Waals surface area contributed by atoms with Crippen LogP contribution >= 0.6 is 0 Å². The van der Waals surface area contributed by atoms with Crippen LogP contribution in [0.2, 0.25) is 0 Å². The Bertz CT molecular complexity index is 1170. The Hall–Kier alpha value is -3.69. The predicted octanol–water partition coefficient (Wildman–Crippen LogP) is 5.25. The molecule has 33 heavy (non-hydrogen) atoms. The number of rotatable bonds is 6. The average molecular weight is 463 g/mol. The number of halogens is 4. The largest absolute Gasteiger partial charge is 0.465 e. The first-order valence-corrected chi connectivity index (χ1v) is 9.91. The maximum Gasteiger partial charge on any atom is 0.419 e. The van der Waals surface area contributed by atoms with E-state index in [2.05, 4.69) is 15.0 Å². The van der Waals surface area contributed by atoms with Gasteiger partial charge in [0.2, 0.25) is 0 Å². The normalized spacial score (nSPS) is 11.5. The summed E-state index contributed by atoms with van der Waals surface area (Å²) in [6.45, 7) is 3.75. The zero-order valence-corrected chi connectivity index (χ0v) is 18.0. The lowest BCUT2D eigenvalue weighted by molar-refractivity contribution is -0.140. The smallest absolute Gasteiger partial charge is 0.419 e. The second-order valence-electron chi connectivity index (χ2n) is 7.63. The van der Waals surface area contributed by atoms with Crippen molar-refractivity contribution in [1.29, 1.82) is 0 Å². The van der Waals surface area contributed by atoms with Crippen LogP contribution in [0.25, 0.3) is 0 Å². The molecule has 2 aromatic heterocycles. The lowest BCUT2D eigenvalue weighted by Crippen LogP contribution is -2.18. The van der Waals surface area contributed by atoms with Crippen molar-refractivity contribution in [3.63, 3.8) is 0 Å². The molecule has 3 rings (SSSR count). The summed E-state index contributed by atoms with van der Waals surface area (Å²) in [6, 6.07) is 7.24. The molecule has 174 valence electrons. The van der Waals surface area contributed by atoms with Crippen molar-refractivity contribution in [2.45, 2.75) is 32.5 Å². The molecule has 6 nitrogen and oxygen atoms in total. The number of carbonyl (C=O) groups excluding carboxylic acids is 2. The third-order valence-corrected chi connectivity index (χ3v) is 4.93. The van der Waals surface area contributed by atoms with Gasteiger partial charge in [0, 0.05) is 18.9 Å². The van der Waals surface area contributed by atoms with Crippen molar-refractivity contribution < 1.29 is 31.9 Å². The molecular formula is C23H21F4N3O3. The molecule has 0 spiro atoms. The minimum absolute atomic E-state index is 0.0502. The van der Waals surface area contributed by atoms with Gasteiger partial charge >= 0.3 is 12.1 Å². The van der Waals surface area contributed by atoms with E-state index in [1.54, 1.807) is 12.3 Å². The van der Waals surface area contributed by atoms with Gasteiger partial charge in [-0.1, -0.05) is 19.9 Å². The van der Waals surface area contributed by atoms with Crippen molar-refractivity contribution in [2.24, 2.45) is 0 Å². The molecular weight excluding hydrogens is 442 g/mol. The zero-order chi connectivity index (χ0) is 24.3. The van der Waals surface area contributed by atoms with Crippen molar-refractivity contribution in [3.05, 3.63) is 82.6 Å². The number of hydrogen-bond donors (Lipinski definition) is 1. The van der Waals surface area contributed by atoms with E-state index in [1.165, 1.54) is 36.1 Å². The highest BCUT2D eigenvalue weighted by molar-refractivity contribution is 6.03. The first-order chi connectivity index (χ1) is 15.5. The van der Waals surface area contributed by atoms with Crippen LogP contribution in [0.1, 0.15) is 57.3 Å². The van der Waals surface area contributed by atoms with Crippen LogP contribution in [0.3, 0.4) is 0 Å². The maximum absolute atomic E-state index is 13.6. The molecule has 0 saturated carbocycles. The minimum Gasteiger partial charge on any atom is -0.465 e. The van der Waals surface area contributed by atoms with E-state index in [9.17, 15) is 27.2 Å². The van der Waals surface area contributed by atoms with Crippen LogP contribution in [0.15, 0.2) is 48.8 Å². The molecule has 0 radical (unpaired) electrons. The van der Waals surface area contributed by atoms with Crippen LogP contribution in [0.5, 0.6) is 0 Å².